The molecule has 0 aromatic carbocycles. The van der Waals surface area contributed by atoms with Gasteiger partial charge in [0.25, 0.3) is 0 Å². The van der Waals surface area contributed by atoms with Crippen LogP contribution < -0.4 is 4.90 Å². The zero-order valence-corrected chi connectivity index (χ0v) is 12.4. The fourth-order valence-electron chi connectivity index (χ4n) is 3.36. The summed E-state index contributed by atoms with van der Waals surface area (Å²) in [6, 6.07) is 1.69. The van der Waals surface area contributed by atoms with Gasteiger partial charge < -0.3 is 14.8 Å². The highest BCUT2D eigenvalue weighted by molar-refractivity contribution is 6.29. The summed E-state index contributed by atoms with van der Waals surface area (Å²) in [6.45, 7) is 4.27. The van der Waals surface area contributed by atoms with Crippen molar-refractivity contribution >= 4 is 17.5 Å². The standard InChI is InChI=1S/C14H21ClN4O/c15-13-3-6-16-14(17-13)18-7-4-12(5-8-18)11-19(20)9-1-2-10-19/h3,6,12H,1-2,4-5,7-11H2. The second-order valence-corrected chi connectivity index (χ2v) is 6.39. The SMILES string of the molecule is [O-][N+]1(CC2CCN(c3nccc(Cl)n3)CC2)CCCC1. The number of nitrogens with zero attached hydrogens (tertiary/aromatic N) is 4. The Morgan fingerprint density at radius 1 is 1.30 bits per heavy atom. The molecule has 0 spiro atoms. The van der Waals surface area contributed by atoms with Crippen molar-refractivity contribution in [3.05, 3.63) is 22.6 Å². The molecular weight excluding hydrogens is 276 g/mol. The van der Waals surface area contributed by atoms with Crippen LogP contribution in [0.4, 0.5) is 5.95 Å². The minimum absolute atomic E-state index is 0.0400. The monoisotopic (exact) mass is 296 g/mol. The van der Waals surface area contributed by atoms with Gasteiger partial charge in [-0.05, 0) is 18.9 Å². The van der Waals surface area contributed by atoms with E-state index in [1.807, 2.05) is 0 Å². The largest absolute Gasteiger partial charge is 0.633 e. The highest BCUT2D eigenvalue weighted by Crippen LogP contribution is 2.27. The first-order valence-electron chi connectivity index (χ1n) is 7.45. The Kier molecular flexibility index (Phi) is 4.10. The Balaban J connectivity index is 1.54. The van der Waals surface area contributed by atoms with E-state index < -0.39 is 0 Å². The highest BCUT2D eigenvalue weighted by atomic mass is 35.5. The Morgan fingerprint density at radius 3 is 2.65 bits per heavy atom. The normalized spacial score (nSPS) is 23.2. The maximum atomic E-state index is 12.4. The molecule has 110 valence electrons. The van der Waals surface area contributed by atoms with Crippen LogP contribution in [0.3, 0.4) is 0 Å². The number of hydroxylamine groups is 3. The van der Waals surface area contributed by atoms with E-state index in [0.29, 0.717) is 17.0 Å². The van der Waals surface area contributed by atoms with Crippen LogP contribution in [-0.2, 0) is 0 Å². The lowest BCUT2D eigenvalue weighted by atomic mass is 9.96. The van der Waals surface area contributed by atoms with E-state index in [1.165, 1.54) is 0 Å². The van der Waals surface area contributed by atoms with Crippen molar-refractivity contribution < 1.29 is 4.65 Å². The first-order valence-corrected chi connectivity index (χ1v) is 7.83. The molecule has 2 fully saturated rings. The first kappa shape index (κ1) is 14.0. The molecule has 0 atom stereocenters. The predicted octanol–water partition coefficient (Wildman–Crippen LogP) is 2.45. The van der Waals surface area contributed by atoms with Crippen LogP contribution in [0.25, 0.3) is 0 Å². The molecule has 2 saturated heterocycles. The number of hydrogen-bond donors (Lipinski definition) is 0. The number of quaternary nitrogens is 1. The van der Waals surface area contributed by atoms with Crippen LogP contribution in [0, 0.1) is 11.1 Å². The van der Waals surface area contributed by atoms with Gasteiger partial charge in [0.15, 0.2) is 0 Å². The van der Waals surface area contributed by atoms with Crippen LogP contribution in [-0.4, -0.2) is 47.3 Å². The number of rotatable bonds is 3. The molecule has 5 nitrogen and oxygen atoms in total. The van der Waals surface area contributed by atoms with Crippen molar-refractivity contribution in [2.75, 3.05) is 37.6 Å². The number of likely N-dealkylation sites (tertiary alicyclic amines) is 1. The van der Waals surface area contributed by atoms with Gasteiger partial charge in [-0.2, -0.15) is 0 Å². The van der Waals surface area contributed by atoms with Crippen LogP contribution in [0.1, 0.15) is 25.7 Å². The Labute approximate surface area is 124 Å². The summed E-state index contributed by atoms with van der Waals surface area (Å²) in [7, 11) is 0. The molecule has 1 aromatic heterocycles. The van der Waals surface area contributed by atoms with Gasteiger partial charge in [0.2, 0.25) is 5.95 Å². The summed E-state index contributed by atoms with van der Waals surface area (Å²) >= 11 is 5.90. The molecule has 2 aliphatic rings. The Morgan fingerprint density at radius 2 is 2.00 bits per heavy atom. The second kappa shape index (κ2) is 5.84. The van der Waals surface area contributed by atoms with E-state index >= 15 is 0 Å². The maximum Gasteiger partial charge on any atom is 0.226 e. The summed E-state index contributed by atoms with van der Waals surface area (Å²) in [5.41, 5.74) is 0. The molecular formula is C14H21ClN4O. The molecule has 0 N–H and O–H groups in total. The van der Waals surface area contributed by atoms with Gasteiger partial charge >= 0.3 is 0 Å². The van der Waals surface area contributed by atoms with Crippen molar-refractivity contribution in [3.8, 4) is 0 Å². The maximum absolute atomic E-state index is 12.4. The van der Waals surface area contributed by atoms with Gasteiger partial charge in [-0.25, -0.2) is 9.97 Å². The lowest BCUT2D eigenvalue weighted by Crippen LogP contribution is -2.46. The van der Waals surface area contributed by atoms with Gasteiger partial charge in [0, 0.05) is 38.0 Å². The smallest absolute Gasteiger partial charge is 0.226 e. The highest BCUT2D eigenvalue weighted by Gasteiger charge is 2.29. The lowest BCUT2D eigenvalue weighted by molar-refractivity contribution is -0.871. The molecule has 6 heteroatoms. The minimum atomic E-state index is 0.0400. The van der Waals surface area contributed by atoms with E-state index in [0.717, 1.165) is 58.4 Å². The van der Waals surface area contributed by atoms with Crippen LogP contribution >= 0.6 is 11.6 Å². The molecule has 0 unspecified atom stereocenters. The molecule has 20 heavy (non-hydrogen) atoms. The molecule has 1 aromatic rings. The number of anilines is 1. The average molecular weight is 297 g/mol. The van der Waals surface area contributed by atoms with Crippen molar-refractivity contribution in [2.45, 2.75) is 25.7 Å². The van der Waals surface area contributed by atoms with Crippen LogP contribution in [0.15, 0.2) is 12.3 Å². The number of halogens is 1. The van der Waals surface area contributed by atoms with Crippen molar-refractivity contribution in [1.82, 2.24) is 9.97 Å². The minimum Gasteiger partial charge on any atom is -0.633 e. The molecule has 2 aliphatic heterocycles. The van der Waals surface area contributed by atoms with Crippen LogP contribution in [0.5, 0.6) is 0 Å². The fraction of sp³-hybridized carbons (Fsp3) is 0.714. The van der Waals surface area contributed by atoms with E-state index in [-0.39, 0.29) is 4.65 Å². The van der Waals surface area contributed by atoms with Gasteiger partial charge in [-0.1, -0.05) is 11.6 Å². The van der Waals surface area contributed by atoms with Crippen molar-refractivity contribution in [2.24, 2.45) is 5.92 Å². The van der Waals surface area contributed by atoms with E-state index in [4.69, 9.17) is 11.6 Å². The molecule has 0 amide bonds. The summed E-state index contributed by atoms with van der Waals surface area (Å²) in [4.78, 5) is 10.7. The Hall–Kier alpha value is -0.910. The van der Waals surface area contributed by atoms with E-state index in [9.17, 15) is 5.21 Å². The molecule has 3 rings (SSSR count). The third-order valence-corrected chi connectivity index (χ3v) is 4.69. The molecule has 0 aliphatic carbocycles. The number of aromatic nitrogens is 2. The van der Waals surface area contributed by atoms with Crippen molar-refractivity contribution in [3.63, 3.8) is 0 Å². The van der Waals surface area contributed by atoms with Gasteiger partial charge in [0.05, 0.1) is 19.6 Å². The van der Waals surface area contributed by atoms with Crippen LogP contribution in [0.2, 0.25) is 5.15 Å². The quantitative estimate of drug-likeness (QED) is 0.488. The second-order valence-electron chi connectivity index (χ2n) is 6.00. The van der Waals surface area contributed by atoms with Gasteiger partial charge in [-0.3, -0.25) is 0 Å². The number of piperidine rings is 1. The number of hydrogen-bond acceptors (Lipinski definition) is 4. The van der Waals surface area contributed by atoms with E-state index in [1.54, 1.807) is 12.3 Å². The lowest BCUT2D eigenvalue weighted by Gasteiger charge is -2.43. The van der Waals surface area contributed by atoms with E-state index in [2.05, 4.69) is 14.9 Å². The topological polar surface area (TPSA) is 52.1 Å². The summed E-state index contributed by atoms with van der Waals surface area (Å²) < 4.78 is 0.0400. The molecule has 3 heterocycles. The zero-order valence-electron chi connectivity index (χ0n) is 11.7. The fourth-order valence-corrected chi connectivity index (χ4v) is 3.49. The Bertz CT molecular complexity index is 456. The average Bonchev–Trinajstić information content (AvgIpc) is 2.86. The summed E-state index contributed by atoms with van der Waals surface area (Å²) in [5, 5.41) is 12.9. The molecule has 0 saturated carbocycles. The molecule has 0 radical (unpaired) electrons. The predicted molar refractivity (Wildman–Crippen MR) is 79.4 cm³/mol. The van der Waals surface area contributed by atoms with Gasteiger partial charge in [-0.15, -0.1) is 0 Å². The first-order chi connectivity index (χ1) is 9.65. The molecule has 0 bridgehead atoms. The van der Waals surface area contributed by atoms with Crippen molar-refractivity contribution in [1.29, 1.82) is 0 Å². The van der Waals surface area contributed by atoms with Gasteiger partial charge in [0.1, 0.15) is 5.15 Å². The third-order valence-electron chi connectivity index (χ3n) is 4.48. The summed E-state index contributed by atoms with van der Waals surface area (Å²) in [5.74, 6) is 1.25. The third kappa shape index (κ3) is 3.22. The summed E-state index contributed by atoms with van der Waals surface area (Å²) in [6.07, 6.45) is 5.99. The zero-order chi connectivity index (χ0) is 14.0.